The van der Waals surface area contributed by atoms with E-state index in [1.165, 1.54) is 0 Å². The van der Waals surface area contributed by atoms with Crippen LogP contribution < -0.4 is 14.9 Å². The maximum absolute atomic E-state index is 12.3. The average molecular weight is 583 g/mol. The highest BCUT2D eigenvalue weighted by Crippen LogP contribution is 2.34. The van der Waals surface area contributed by atoms with Gasteiger partial charge in [0.2, 0.25) is 0 Å². The Balaban J connectivity index is 1.71. The van der Waals surface area contributed by atoms with Crippen LogP contribution >= 0.6 is 45.8 Å². The van der Waals surface area contributed by atoms with Crippen LogP contribution in [0.3, 0.4) is 0 Å². The standard InChI is InChI=1S/C24H21Cl2IN2O3/c1-3-31-22-11-17(13-28-29-24(30)18-7-4-15(2)20(26)12-18)10-21(27)23(22)32-14-16-5-8-19(25)9-6-16/h4-13H,3,14H2,1-2H3,(H,29,30)/b28-13-. The van der Waals surface area contributed by atoms with Crippen LogP contribution in [0.1, 0.15) is 34.0 Å². The SMILES string of the molecule is CCOc1cc(/C=N\NC(=O)c2ccc(C)c(Cl)c2)cc(I)c1OCc1ccc(Cl)cc1. The Morgan fingerprint density at radius 2 is 1.84 bits per heavy atom. The van der Waals surface area contributed by atoms with E-state index in [-0.39, 0.29) is 5.91 Å². The summed E-state index contributed by atoms with van der Waals surface area (Å²) in [5, 5.41) is 5.28. The largest absolute Gasteiger partial charge is 0.490 e. The minimum atomic E-state index is -0.342. The van der Waals surface area contributed by atoms with Crippen molar-refractivity contribution in [2.24, 2.45) is 5.10 Å². The van der Waals surface area contributed by atoms with Crippen LogP contribution in [0, 0.1) is 10.5 Å². The molecular formula is C24H21Cl2IN2O3. The van der Waals surface area contributed by atoms with Crippen molar-refractivity contribution in [1.82, 2.24) is 5.43 Å². The predicted octanol–water partition coefficient (Wildman–Crippen LogP) is 6.65. The van der Waals surface area contributed by atoms with Crippen molar-refractivity contribution >= 4 is 57.9 Å². The summed E-state index contributed by atoms with van der Waals surface area (Å²) in [6.07, 6.45) is 1.56. The molecule has 0 atom stereocenters. The molecule has 0 bridgehead atoms. The van der Waals surface area contributed by atoms with Gasteiger partial charge in [0.25, 0.3) is 5.91 Å². The lowest BCUT2D eigenvalue weighted by molar-refractivity contribution is 0.0955. The highest BCUT2D eigenvalue weighted by atomic mass is 127. The molecular weight excluding hydrogens is 562 g/mol. The highest BCUT2D eigenvalue weighted by Gasteiger charge is 2.12. The number of ether oxygens (including phenoxy) is 2. The third-order valence-electron chi connectivity index (χ3n) is 4.44. The van der Waals surface area contributed by atoms with E-state index in [4.69, 9.17) is 32.7 Å². The monoisotopic (exact) mass is 582 g/mol. The zero-order chi connectivity index (χ0) is 23.1. The Kier molecular flexibility index (Phi) is 8.78. The molecule has 5 nitrogen and oxygen atoms in total. The minimum absolute atomic E-state index is 0.342. The fourth-order valence-electron chi connectivity index (χ4n) is 2.77. The molecule has 0 spiro atoms. The molecule has 0 heterocycles. The summed E-state index contributed by atoms with van der Waals surface area (Å²) in [6.45, 7) is 4.65. The lowest BCUT2D eigenvalue weighted by Gasteiger charge is -2.15. The molecule has 32 heavy (non-hydrogen) atoms. The third-order valence-corrected chi connectivity index (χ3v) is 5.90. The van der Waals surface area contributed by atoms with Gasteiger partial charge >= 0.3 is 0 Å². The van der Waals surface area contributed by atoms with Crippen LogP contribution in [0.25, 0.3) is 0 Å². The number of halogens is 3. The normalized spacial score (nSPS) is 10.9. The molecule has 3 rings (SSSR count). The van der Waals surface area contributed by atoms with Crippen LogP contribution in [-0.2, 0) is 6.61 Å². The first kappa shape index (κ1) is 24.4. The number of rotatable bonds is 8. The van der Waals surface area contributed by atoms with Gasteiger partial charge in [-0.2, -0.15) is 5.10 Å². The number of benzene rings is 3. The second-order valence-corrected chi connectivity index (χ2v) is 8.85. The van der Waals surface area contributed by atoms with Gasteiger partial charge in [-0.15, -0.1) is 0 Å². The molecule has 0 aliphatic carbocycles. The first-order valence-electron chi connectivity index (χ1n) is 9.80. The van der Waals surface area contributed by atoms with Gasteiger partial charge < -0.3 is 9.47 Å². The molecule has 0 saturated heterocycles. The molecule has 3 aromatic carbocycles. The smallest absolute Gasteiger partial charge is 0.271 e. The van der Waals surface area contributed by atoms with E-state index < -0.39 is 0 Å². The number of carbonyl (C=O) groups excluding carboxylic acids is 1. The summed E-state index contributed by atoms with van der Waals surface area (Å²) in [7, 11) is 0. The Morgan fingerprint density at radius 3 is 2.53 bits per heavy atom. The Labute approximate surface area is 210 Å². The van der Waals surface area contributed by atoms with Gasteiger partial charge in [0, 0.05) is 15.6 Å². The Morgan fingerprint density at radius 1 is 1.09 bits per heavy atom. The van der Waals surface area contributed by atoms with E-state index >= 15 is 0 Å². The zero-order valence-corrected chi connectivity index (χ0v) is 21.2. The zero-order valence-electron chi connectivity index (χ0n) is 17.5. The number of hydrazone groups is 1. The number of carbonyl (C=O) groups is 1. The predicted molar refractivity (Wildman–Crippen MR) is 137 cm³/mol. The van der Waals surface area contributed by atoms with E-state index in [0.29, 0.717) is 40.3 Å². The molecule has 1 amide bonds. The first-order chi connectivity index (χ1) is 15.4. The summed E-state index contributed by atoms with van der Waals surface area (Å²) in [5.41, 5.74) is 5.62. The molecule has 0 saturated carbocycles. The number of hydrogen-bond donors (Lipinski definition) is 1. The summed E-state index contributed by atoms with van der Waals surface area (Å²) in [6, 6.07) is 16.3. The van der Waals surface area contributed by atoms with Crippen molar-refractivity contribution in [3.05, 3.63) is 90.5 Å². The molecule has 1 N–H and O–H groups in total. The third kappa shape index (κ3) is 6.60. The van der Waals surface area contributed by atoms with Gasteiger partial charge in [0.15, 0.2) is 11.5 Å². The maximum atomic E-state index is 12.3. The quantitative estimate of drug-likeness (QED) is 0.184. The number of aryl methyl sites for hydroxylation is 1. The molecule has 3 aromatic rings. The van der Waals surface area contributed by atoms with E-state index in [1.54, 1.807) is 24.4 Å². The van der Waals surface area contributed by atoms with E-state index in [1.807, 2.05) is 50.2 Å². The Bertz CT molecular complexity index is 1130. The minimum Gasteiger partial charge on any atom is -0.490 e. The summed E-state index contributed by atoms with van der Waals surface area (Å²) in [4.78, 5) is 12.3. The van der Waals surface area contributed by atoms with Crippen LogP contribution in [0.15, 0.2) is 59.7 Å². The number of nitrogens with zero attached hydrogens (tertiary/aromatic N) is 1. The summed E-state index contributed by atoms with van der Waals surface area (Å²) < 4.78 is 12.7. The van der Waals surface area contributed by atoms with Gasteiger partial charge in [0.05, 0.1) is 16.4 Å². The number of hydrogen-bond acceptors (Lipinski definition) is 4. The van der Waals surface area contributed by atoms with Gasteiger partial charge in [-0.05, 0) is 89.5 Å². The highest BCUT2D eigenvalue weighted by molar-refractivity contribution is 14.1. The number of amides is 1. The fourth-order valence-corrected chi connectivity index (χ4v) is 3.85. The molecule has 0 aliphatic rings. The first-order valence-corrected chi connectivity index (χ1v) is 11.6. The van der Waals surface area contributed by atoms with Crippen LogP contribution in [-0.4, -0.2) is 18.7 Å². The van der Waals surface area contributed by atoms with Crippen molar-refractivity contribution in [1.29, 1.82) is 0 Å². The lowest BCUT2D eigenvalue weighted by Crippen LogP contribution is -2.17. The van der Waals surface area contributed by atoms with Crippen LogP contribution in [0.5, 0.6) is 11.5 Å². The van der Waals surface area contributed by atoms with E-state index in [0.717, 1.165) is 20.3 Å². The maximum Gasteiger partial charge on any atom is 0.271 e. The van der Waals surface area contributed by atoms with E-state index in [9.17, 15) is 4.79 Å². The van der Waals surface area contributed by atoms with Crippen LogP contribution in [0.4, 0.5) is 0 Å². The molecule has 166 valence electrons. The van der Waals surface area contributed by atoms with Crippen molar-refractivity contribution in [3.8, 4) is 11.5 Å². The molecule has 0 unspecified atom stereocenters. The number of nitrogens with one attached hydrogen (secondary N) is 1. The Hall–Kier alpha value is -2.29. The lowest BCUT2D eigenvalue weighted by atomic mass is 10.1. The second kappa shape index (κ2) is 11.5. The summed E-state index contributed by atoms with van der Waals surface area (Å²) >= 11 is 14.2. The molecule has 8 heteroatoms. The van der Waals surface area contributed by atoms with Gasteiger partial charge in [-0.1, -0.05) is 41.4 Å². The van der Waals surface area contributed by atoms with Crippen molar-refractivity contribution in [3.63, 3.8) is 0 Å². The fraction of sp³-hybridized carbons (Fsp3) is 0.167. The van der Waals surface area contributed by atoms with Crippen molar-refractivity contribution in [2.75, 3.05) is 6.61 Å². The van der Waals surface area contributed by atoms with E-state index in [2.05, 4.69) is 33.1 Å². The van der Waals surface area contributed by atoms with Crippen molar-refractivity contribution < 1.29 is 14.3 Å². The topological polar surface area (TPSA) is 59.9 Å². The van der Waals surface area contributed by atoms with Crippen LogP contribution in [0.2, 0.25) is 10.0 Å². The molecule has 0 radical (unpaired) electrons. The summed E-state index contributed by atoms with van der Waals surface area (Å²) in [5.74, 6) is 0.912. The van der Waals surface area contributed by atoms with Gasteiger partial charge in [-0.25, -0.2) is 5.43 Å². The van der Waals surface area contributed by atoms with Gasteiger partial charge in [0.1, 0.15) is 6.61 Å². The van der Waals surface area contributed by atoms with Crippen molar-refractivity contribution in [2.45, 2.75) is 20.5 Å². The van der Waals surface area contributed by atoms with Gasteiger partial charge in [-0.3, -0.25) is 4.79 Å². The molecule has 0 fully saturated rings. The molecule has 0 aromatic heterocycles. The molecule has 0 aliphatic heterocycles. The second-order valence-electron chi connectivity index (χ2n) is 6.84. The average Bonchev–Trinajstić information content (AvgIpc) is 2.76.